The first-order chi connectivity index (χ1) is 9.12. The van der Waals surface area contributed by atoms with E-state index in [4.69, 9.17) is 0 Å². The summed E-state index contributed by atoms with van der Waals surface area (Å²) in [6, 6.07) is 19.1. The van der Waals surface area contributed by atoms with Gasteiger partial charge in [0.25, 0.3) is 0 Å². The van der Waals surface area contributed by atoms with Crippen LogP contribution in [0.4, 0.5) is 0 Å². The number of hydrogen-bond donors (Lipinski definition) is 0. The second-order valence-corrected chi connectivity index (χ2v) is 6.86. The fraction of sp³-hybridized carbons (Fsp3) is 0.200. The van der Waals surface area contributed by atoms with Crippen LogP contribution in [0, 0.1) is 0 Å². The first-order valence-corrected chi connectivity index (χ1v) is 7.69. The lowest BCUT2D eigenvalue weighted by atomic mass is 9.98. The normalized spacial score (nSPS) is 25.7. The number of hydrogen-bond acceptors (Lipinski definition) is 2. The Morgan fingerprint density at radius 3 is 1.84 bits per heavy atom. The Hall–Kier alpha value is -1.65. The molecule has 1 saturated heterocycles. The zero-order chi connectivity index (χ0) is 13.5. The van der Waals surface area contributed by atoms with Crippen molar-refractivity contribution in [2.24, 2.45) is 0 Å². The zero-order valence-corrected chi connectivity index (χ0v) is 11.4. The molecule has 2 aromatic rings. The fourth-order valence-corrected chi connectivity index (χ4v) is 4.55. The van der Waals surface area contributed by atoms with Gasteiger partial charge in [0.05, 0.1) is 6.04 Å². The molecule has 1 heterocycles. The van der Waals surface area contributed by atoms with Crippen LogP contribution < -0.4 is 0 Å². The van der Waals surface area contributed by atoms with Gasteiger partial charge < -0.3 is 0 Å². The van der Waals surface area contributed by atoms with E-state index >= 15 is 0 Å². The molecule has 0 aromatic heterocycles. The zero-order valence-electron chi connectivity index (χ0n) is 10.6. The monoisotopic (exact) mass is 273 g/mol. The van der Waals surface area contributed by atoms with Gasteiger partial charge in [0.2, 0.25) is 10.0 Å². The van der Waals surface area contributed by atoms with Gasteiger partial charge in [-0.15, -0.1) is 0 Å². The third kappa shape index (κ3) is 1.88. The Labute approximate surface area is 113 Å². The van der Waals surface area contributed by atoms with Gasteiger partial charge in [-0.2, -0.15) is 4.31 Å². The average Bonchev–Trinajstić information content (AvgIpc) is 2.45. The Bertz CT molecular complexity index is 668. The highest BCUT2D eigenvalue weighted by molar-refractivity contribution is 7.90. The van der Waals surface area contributed by atoms with Crippen molar-refractivity contribution in [2.75, 3.05) is 7.05 Å². The molecule has 0 saturated carbocycles. The number of sulfonamides is 1. The highest BCUT2D eigenvalue weighted by Gasteiger charge is 2.52. The largest absolute Gasteiger partial charge is 0.223 e. The Kier molecular flexibility index (Phi) is 2.92. The summed E-state index contributed by atoms with van der Waals surface area (Å²) >= 11 is 0. The summed E-state index contributed by atoms with van der Waals surface area (Å²) < 4.78 is 26.0. The maximum atomic E-state index is 12.3. The lowest BCUT2D eigenvalue weighted by Gasteiger charge is -2.45. The van der Waals surface area contributed by atoms with E-state index in [1.165, 1.54) is 4.31 Å². The fourth-order valence-electron chi connectivity index (χ4n) is 2.66. The van der Waals surface area contributed by atoms with Crippen molar-refractivity contribution in [1.82, 2.24) is 4.31 Å². The molecule has 0 spiro atoms. The Balaban J connectivity index is 2.06. The molecule has 0 radical (unpaired) electrons. The van der Waals surface area contributed by atoms with E-state index in [1.807, 2.05) is 60.7 Å². The molecule has 4 heteroatoms. The summed E-state index contributed by atoms with van der Waals surface area (Å²) in [5.41, 5.74) is 1.89. The van der Waals surface area contributed by atoms with Crippen LogP contribution in [-0.2, 0) is 10.0 Å². The maximum Gasteiger partial charge on any atom is 0.223 e. The molecule has 0 N–H and O–H groups in total. The average molecular weight is 273 g/mol. The standard InChI is InChI=1S/C15H15NO2S/c1-16-14(12-8-4-2-5-9-12)15(19(16,17)18)13-10-6-3-7-11-13/h2-11,14-15H,1H3/t14-,15+/m1/s1. The van der Waals surface area contributed by atoms with Crippen LogP contribution in [0.25, 0.3) is 0 Å². The molecule has 0 unspecified atom stereocenters. The Morgan fingerprint density at radius 2 is 1.32 bits per heavy atom. The number of rotatable bonds is 2. The maximum absolute atomic E-state index is 12.3. The molecular weight excluding hydrogens is 258 g/mol. The molecule has 1 fully saturated rings. The van der Waals surface area contributed by atoms with Crippen molar-refractivity contribution < 1.29 is 8.42 Å². The van der Waals surface area contributed by atoms with E-state index in [0.717, 1.165) is 11.1 Å². The van der Waals surface area contributed by atoms with E-state index in [0.29, 0.717) is 0 Å². The van der Waals surface area contributed by atoms with Crippen molar-refractivity contribution in [3.63, 3.8) is 0 Å². The number of likely N-dealkylation sites (N-methyl/N-ethyl adjacent to an activating group) is 1. The molecule has 98 valence electrons. The van der Waals surface area contributed by atoms with Gasteiger partial charge in [-0.1, -0.05) is 60.7 Å². The van der Waals surface area contributed by atoms with Crippen LogP contribution in [-0.4, -0.2) is 19.8 Å². The molecule has 0 bridgehead atoms. The summed E-state index contributed by atoms with van der Waals surface area (Å²) in [4.78, 5) is 0. The van der Waals surface area contributed by atoms with Crippen molar-refractivity contribution >= 4 is 10.0 Å². The van der Waals surface area contributed by atoms with E-state index < -0.39 is 15.3 Å². The van der Waals surface area contributed by atoms with Crippen molar-refractivity contribution in [2.45, 2.75) is 11.3 Å². The van der Waals surface area contributed by atoms with Crippen molar-refractivity contribution in [1.29, 1.82) is 0 Å². The van der Waals surface area contributed by atoms with E-state index in [-0.39, 0.29) is 6.04 Å². The quantitative estimate of drug-likeness (QED) is 0.843. The summed E-state index contributed by atoms with van der Waals surface area (Å²) in [5.74, 6) is 0. The predicted octanol–water partition coefficient (Wildman–Crippen LogP) is 2.74. The SMILES string of the molecule is CN1[C@H](c2ccccc2)[C@H](c2ccccc2)S1(=O)=O. The minimum atomic E-state index is -3.22. The molecule has 0 amide bonds. The van der Waals surface area contributed by atoms with Gasteiger partial charge in [0.1, 0.15) is 5.25 Å². The summed E-state index contributed by atoms with van der Waals surface area (Å²) in [5, 5.41) is -0.471. The van der Waals surface area contributed by atoms with Crippen molar-refractivity contribution in [3.8, 4) is 0 Å². The van der Waals surface area contributed by atoms with Crippen LogP contribution in [0.2, 0.25) is 0 Å². The summed E-state index contributed by atoms with van der Waals surface area (Å²) in [6.07, 6.45) is 0. The lowest BCUT2D eigenvalue weighted by molar-refractivity contribution is 0.291. The number of nitrogens with zero attached hydrogens (tertiary/aromatic N) is 1. The van der Waals surface area contributed by atoms with Gasteiger partial charge in [-0.05, 0) is 11.1 Å². The number of benzene rings is 2. The molecule has 0 aliphatic carbocycles. The van der Waals surface area contributed by atoms with Gasteiger partial charge in [-0.25, -0.2) is 8.42 Å². The van der Waals surface area contributed by atoms with Gasteiger partial charge >= 0.3 is 0 Å². The molecule has 2 aromatic carbocycles. The van der Waals surface area contributed by atoms with E-state index in [2.05, 4.69) is 0 Å². The van der Waals surface area contributed by atoms with Crippen LogP contribution in [0.3, 0.4) is 0 Å². The van der Waals surface area contributed by atoms with Gasteiger partial charge in [0, 0.05) is 7.05 Å². The first kappa shape index (κ1) is 12.4. The molecular formula is C15H15NO2S. The van der Waals surface area contributed by atoms with Crippen LogP contribution >= 0.6 is 0 Å². The third-order valence-corrected chi connectivity index (χ3v) is 5.87. The van der Waals surface area contributed by atoms with Crippen molar-refractivity contribution in [3.05, 3.63) is 71.8 Å². The Morgan fingerprint density at radius 1 is 0.842 bits per heavy atom. The highest BCUT2D eigenvalue weighted by Crippen LogP contribution is 2.50. The van der Waals surface area contributed by atoms with Crippen LogP contribution in [0.15, 0.2) is 60.7 Å². The summed E-state index contributed by atoms with van der Waals surface area (Å²) in [6.45, 7) is 0. The lowest BCUT2D eigenvalue weighted by Crippen LogP contribution is -2.50. The third-order valence-electron chi connectivity index (χ3n) is 3.67. The van der Waals surface area contributed by atoms with Crippen LogP contribution in [0.5, 0.6) is 0 Å². The molecule has 19 heavy (non-hydrogen) atoms. The summed E-state index contributed by atoms with van der Waals surface area (Å²) in [7, 11) is -1.57. The smallest absolute Gasteiger partial charge is 0.211 e. The topological polar surface area (TPSA) is 37.4 Å². The molecule has 1 aliphatic rings. The molecule has 1 aliphatic heterocycles. The highest BCUT2D eigenvalue weighted by atomic mass is 32.2. The van der Waals surface area contributed by atoms with Crippen LogP contribution in [0.1, 0.15) is 22.4 Å². The minimum absolute atomic E-state index is 0.103. The second-order valence-electron chi connectivity index (χ2n) is 4.75. The molecule has 3 rings (SSSR count). The minimum Gasteiger partial charge on any atom is -0.211 e. The molecule has 3 nitrogen and oxygen atoms in total. The van der Waals surface area contributed by atoms with E-state index in [9.17, 15) is 8.42 Å². The predicted molar refractivity (Wildman–Crippen MR) is 75.0 cm³/mol. The second kappa shape index (κ2) is 4.47. The van der Waals surface area contributed by atoms with Gasteiger partial charge in [-0.3, -0.25) is 0 Å². The van der Waals surface area contributed by atoms with Gasteiger partial charge in [0.15, 0.2) is 0 Å². The van der Waals surface area contributed by atoms with E-state index in [1.54, 1.807) is 7.05 Å². The first-order valence-electron chi connectivity index (χ1n) is 6.19. The molecule has 2 atom stereocenters.